The van der Waals surface area contributed by atoms with E-state index in [4.69, 9.17) is 4.74 Å². The summed E-state index contributed by atoms with van der Waals surface area (Å²) in [6, 6.07) is 4.27. The van der Waals surface area contributed by atoms with Crippen molar-refractivity contribution in [2.75, 3.05) is 20.2 Å². The van der Waals surface area contributed by atoms with Gasteiger partial charge in [-0.05, 0) is 37.6 Å². The maximum atomic E-state index is 5.46. The number of nitrogens with one attached hydrogen (secondary N) is 1. The Labute approximate surface area is 99.1 Å². The topological polar surface area (TPSA) is 21.3 Å². The second kappa shape index (κ2) is 4.54. The number of halogens is 1. The van der Waals surface area contributed by atoms with Crippen molar-refractivity contribution in [1.82, 2.24) is 5.32 Å². The van der Waals surface area contributed by atoms with Crippen molar-refractivity contribution in [2.24, 2.45) is 0 Å². The van der Waals surface area contributed by atoms with E-state index in [1.165, 1.54) is 22.0 Å². The standard InChI is InChI=1S/C12H16BrNO/c1-8-5-10(13)12(11(6-8)15-2)9-3-4-14-7-9/h5-6,9,14H,3-4,7H2,1-2H3. The third kappa shape index (κ3) is 2.18. The average Bonchev–Trinajstić information content (AvgIpc) is 2.69. The number of hydrogen-bond acceptors (Lipinski definition) is 2. The molecule has 0 aliphatic carbocycles. The van der Waals surface area contributed by atoms with Gasteiger partial charge in [-0.15, -0.1) is 0 Å². The number of aryl methyl sites for hydroxylation is 1. The Morgan fingerprint density at radius 2 is 2.27 bits per heavy atom. The molecule has 0 aromatic heterocycles. The summed E-state index contributed by atoms with van der Waals surface area (Å²) >= 11 is 3.64. The Kier molecular flexibility index (Phi) is 3.32. The molecule has 0 bridgehead atoms. The van der Waals surface area contributed by atoms with E-state index in [-0.39, 0.29) is 0 Å². The van der Waals surface area contributed by atoms with Crippen LogP contribution in [0.4, 0.5) is 0 Å². The molecule has 1 atom stereocenters. The van der Waals surface area contributed by atoms with E-state index in [2.05, 4.69) is 40.3 Å². The second-order valence-corrected chi connectivity index (χ2v) is 4.91. The zero-order valence-electron chi connectivity index (χ0n) is 9.14. The summed E-state index contributed by atoms with van der Waals surface area (Å²) in [5.41, 5.74) is 2.54. The molecular formula is C12H16BrNO. The van der Waals surface area contributed by atoms with Crippen LogP contribution in [-0.4, -0.2) is 20.2 Å². The third-order valence-corrected chi connectivity index (χ3v) is 3.58. The number of hydrogen-bond donors (Lipinski definition) is 1. The van der Waals surface area contributed by atoms with E-state index >= 15 is 0 Å². The molecule has 3 heteroatoms. The smallest absolute Gasteiger partial charge is 0.123 e. The van der Waals surface area contributed by atoms with Crippen molar-refractivity contribution < 1.29 is 4.74 Å². The lowest BCUT2D eigenvalue weighted by molar-refractivity contribution is 0.405. The Balaban J connectivity index is 2.43. The molecule has 1 saturated heterocycles. The van der Waals surface area contributed by atoms with Gasteiger partial charge in [0.15, 0.2) is 0 Å². The molecule has 0 amide bonds. The summed E-state index contributed by atoms with van der Waals surface area (Å²) in [5.74, 6) is 1.59. The van der Waals surface area contributed by atoms with Crippen LogP contribution in [0, 0.1) is 6.92 Å². The van der Waals surface area contributed by atoms with E-state index in [0.717, 1.165) is 18.8 Å². The first-order valence-corrected chi connectivity index (χ1v) is 6.06. The van der Waals surface area contributed by atoms with Gasteiger partial charge < -0.3 is 10.1 Å². The van der Waals surface area contributed by atoms with Gasteiger partial charge in [0.2, 0.25) is 0 Å². The van der Waals surface area contributed by atoms with Gasteiger partial charge in [0.25, 0.3) is 0 Å². The first kappa shape index (κ1) is 11.0. The Morgan fingerprint density at radius 1 is 1.47 bits per heavy atom. The van der Waals surface area contributed by atoms with Gasteiger partial charge in [-0.2, -0.15) is 0 Å². The molecule has 1 aliphatic heterocycles. The molecule has 15 heavy (non-hydrogen) atoms. The van der Waals surface area contributed by atoms with E-state index < -0.39 is 0 Å². The molecular weight excluding hydrogens is 254 g/mol. The molecule has 1 unspecified atom stereocenters. The van der Waals surface area contributed by atoms with Crippen molar-refractivity contribution in [3.05, 3.63) is 27.7 Å². The number of benzene rings is 1. The molecule has 0 spiro atoms. The predicted octanol–water partition coefficient (Wildman–Crippen LogP) is 2.84. The highest BCUT2D eigenvalue weighted by Crippen LogP contribution is 2.37. The van der Waals surface area contributed by atoms with Crippen LogP contribution in [0.2, 0.25) is 0 Å². The van der Waals surface area contributed by atoms with E-state index in [1.807, 2.05) is 0 Å². The van der Waals surface area contributed by atoms with Crippen LogP contribution in [-0.2, 0) is 0 Å². The van der Waals surface area contributed by atoms with Crippen molar-refractivity contribution in [2.45, 2.75) is 19.3 Å². The average molecular weight is 270 g/mol. The van der Waals surface area contributed by atoms with Gasteiger partial charge in [0.1, 0.15) is 5.75 Å². The van der Waals surface area contributed by atoms with Crippen LogP contribution in [0.1, 0.15) is 23.5 Å². The minimum absolute atomic E-state index is 0.579. The van der Waals surface area contributed by atoms with Gasteiger partial charge in [-0.3, -0.25) is 0 Å². The largest absolute Gasteiger partial charge is 0.496 e. The fraction of sp³-hybridized carbons (Fsp3) is 0.500. The van der Waals surface area contributed by atoms with Gasteiger partial charge in [-0.25, -0.2) is 0 Å². The highest BCUT2D eigenvalue weighted by molar-refractivity contribution is 9.10. The quantitative estimate of drug-likeness (QED) is 0.892. The van der Waals surface area contributed by atoms with Crippen LogP contribution in [0.25, 0.3) is 0 Å². The summed E-state index contributed by atoms with van der Waals surface area (Å²) in [6.45, 7) is 4.25. The SMILES string of the molecule is COc1cc(C)cc(Br)c1C1CCNC1. The molecule has 1 fully saturated rings. The van der Waals surface area contributed by atoms with Gasteiger partial charge in [0.05, 0.1) is 7.11 Å². The van der Waals surface area contributed by atoms with Crippen molar-refractivity contribution in [3.63, 3.8) is 0 Å². The van der Waals surface area contributed by atoms with Crippen molar-refractivity contribution in [1.29, 1.82) is 0 Å². The van der Waals surface area contributed by atoms with Crippen LogP contribution < -0.4 is 10.1 Å². The summed E-state index contributed by atoms with van der Waals surface area (Å²) < 4.78 is 6.64. The first-order chi connectivity index (χ1) is 7.22. The molecule has 0 radical (unpaired) electrons. The highest BCUT2D eigenvalue weighted by atomic mass is 79.9. The van der Waals surface area contributed by atoms with Crippen molar-refractivity contribution >= 4 is 15.9 Å². The molecule has 82 valence electrons. The maximum absolute atomic E-state index is 5.46. The summed E-state index contributed by atoms with van der Waals surface area (Å²) in [5, 5.41) is 3.39. The molecule has 0 saturated carbocycles. The summed E-state index contributed by atoms with van der Waals surface area (Å²) in [6.07, 6.45) is 1.19. The molecule has 1 heterocycles. The molecule has 1 aliphatic rings. The Hall–Kier alpha value is -0.540. The van der Waals surface area contributed by atoms with Crippen LogP contribution in [0.15, 0.2) is 16.6 Å². The van der Waals surface area contributed by atoms with Gasteiger partial charge >= 0.3 is 0 Å². The fourth-order valence-corrected chi connectivity index (χ4v) is 3.07. The highest BCUT2D eigenvalue weighted by Gasteiger charge is 2.22. The normalized spacial score (nSPS) is 20.6. The Morgan fingerprint density at radius 3 is 2.87 bits per heavy atom. The fourth-order valence-electron chi connectivity index (χ4n) is 2.19. The van der Waals surface area contributed by atoms with Crippen molar-refractivity contribution in [3.8, 4) is 5.75 Å². The zero-order chi connectivity index (χ0) is 10.8. The van der Waals surface area contributed by atoms with E-state index in [0.29, 0.717) is 5.92 Å². The monoisotopic (exact) mass is 269 g/mol. The number of rotatable bonds is 2. The van der Waals surface area contributed by atoms with E-state index in [1.54, 1.807) is 7.11 Å². The molecule has 1 aromatic carbocycles. The van der Waals surface area contributed by atoms with Crippen LogP contribution in [0.5, 0.6) is 5.75 Å². The molecule has 2 rings (SSSR count). The molecule has 1 aromatic rings. The lowest BCUT2D eigenvalue weighted by atomic mass is 9.96. The van der Waals surface area contributed by atoms with Crippen LogP contribution >= 0.6 is 15.9 Å². The third-order valence-electron chi connectivity index (χ3n) is 2.92. The summed E-state index contributed by atoms with van der Waals surface area (Å²) in [4.78, 5) is 0. The number of methoxy groups -OCH3 is 1. The number of ether oxygens (including phenoxy) is 1. The first-order valence-electron chi connectivity index (χ1n) is 5.27. The minimum atomic E-state index is 0.579. The predicted molar refractivity (Wildman–Crippen MR) is 65.7 cm³/mol. The van der Waals surface area contributed by atoms with Gasteiger partial charge in [0, 0.05) is 22.5 Å². The van der Waals surface area contributed by atoms with Crippen LogP contribution in [0.3, 0.4) is 0 Å². The summed E-state index contributed by atoms with van der Waals surface area (Å²) in [7, 11) is 1.74. The molecule has 1 N–H and O–H groups in total. The zero-order valence-corrected chi connectivity index (χ0v) is 10.7. The second-order valence-electron chi connectivity index (χ2n) is 4.05. The molecule has 2 nitrogen and oxygen atoms in total. The lowest BCUT2D eigenvalue weighted by Gasteiger charge is -2.16. The van der Waals surface area contributed by atoms with Gasteiger partial charge in [-0.1, -0.05) is 15.9 Å². The maximum Gasteiger partial charge on any atom is 0.123 e. The Bertz CT molecular complexity index is 359. The lowest BCUT2D eigenvalue weighted by Crippen LogP contribution is -2.09. The van der Waals surface area contributed by atoms with E-state index in [9.17, 15) is 0 Å². The minimum Gasteiger partial charge on any atom is -0.496 e.